The minimum absolute atomic E-state index is 0.0624. The first-order chi connectivity index (χ1) is 9.95. The lowest BCUT2D eigenvalue weighted by molar-refractivity contribution is 0.679. The first-order valence-corrected chi connectivity index (χ1v) is 7.65. The van der Waals surface area contributed by atoms with Gasteiger partial charge in [-0.2, -0.15) is 0 Å². The van der Waals surface area contributed by atoms with Crippen molar-refractivity contribution in [1.82, 2.24) is 0 Å². The third-order valence-electron chi connectivity index (χ3n) is 3.76. The molecule has 21 heavy (non-hydrogen) atoms. The van der Waals surface area contributed by atoms with Gasteiger partial charge in [0.25, 0.3) is 0 Å². The van der Waals surface area contributed by atoms with Crippen LogP contribution in [0.2, 0.25) is 10.0 Å². The van der Waals surface area contributed by atoms with E-state index in [0.29, 0.717) is 16.6 Å². The Morgan fingerprint density at radius 1 is 1.10 bits per heavy atom. The van der Waals surface area contributed by atoms with E-state index in [9.17, 15) is 0 Å². The summed E-state index contributed by atoms with van der Waals surface area (Å²) in [4.78, 5) is 2.14. The van der Waals surface area contributed by atoms with Crippen LogP contribution < -0.4 is 10.6 Å². The van der Waals surface area contributed by atoms with E-state index >= 15 is 0 Å². The van der Waals surface area contributed by atoms with Crippen LogP contribution in [0.5, 0.6) is 0 Å². The summed E-state index contributed by atoms with van der Waals surface area (Å²) in [7, 11) is 2.02. The second-order valence-electron chi connectivity index (χ2n) is 5.29. The van der Waals surface area contributed by atoms with Crippen molar-refractivity contribution in [3.8, 4) is 0 Å². The minimum atomic E-state index is -0.0624. The summed E-state index contributed by atoms with van der Waals surface area (Å²) in [5.74, 6) is 0. The largest absolute Gasteiger partial charge is 0.366 e. The lowest BCUT2D eigenvalue weighted by Crippen LogP contribution is -2.31. The van der Waals surface area contributed by atoms with Crippen LogP contribution in [0.4, 0.5) is 5.69 Å². The van der Waals surface area contributed by atoms with Crippen LogP contribution in [-0.4, -0.2) is 13.6 Å². The average molecular weight is 323 g/mol. The van der Waals surface area contributed by atoms with Gasteiger partial charge in [-0.05, 0) is 37.6 Å². The summed E-state index contributed by atoms with van der Waals surface area (Å²) in [6.07, 6.45) is 0. The zero-order valence-corrected chi connectivity index (χ0v) is 14.0. The molecule has 4 heteroatoms. The standard InChI is InChI=1S/C17H20Cl2N2/c1-11-7-8-15(12(2)9-11)21(3)16(10-20)17-13(18)5-4-6-14(17)19/h4-9,16H,10,20H2,1-3H3. The van der Waals surface area contributed by atoms with Crippen LogP contribution in [0.15, 0.2) is 36.4 Å². The van der Waals surface area contributed by atoms with E-state index in [4.69, 9.17) is 28.9 Å². The average Bonchev–Trinajstić information content (AvgIpc) is 2.42. The van der Waals surface area contributed by atoms with Crippen molar-refractivity contribution in [2.45, 2.75) is 19.9 Å². The molecule has 0 spiro atoms. The van der Waals surface area contributed by atoms with Gasteiger partial charge in [0.2, 0.25) is 0 Å². The molecule has 0 aliphatic carbocycles. The molecule has 0 bridgehead atoms. The fourth-order valence-corrected chi connectivity index (χ4v) is 3.32. The van der Waals surface area contributed by atoms with Crippen molar-refractivity contribution in [2.24, 2.45) is 5.73 Å². The van der Waals surface area contributed by atoms with Gasteiger partial charge in [0.15, 0.2) is 0 Å². The first-order valence-electron chi connectivity index (χ1n) is 6.89. The second kappa shape index (κ2) is 6.69. The highest BCUT2D eigenvalue weighted by Gasteiger charge is 2.22. The number of anilines is 1. The number of benzene rings is 2. The third kappa shape index (κ3) is 3.34. The maximum Gasteiger partial charge on any atom is 0.0690 e. The van der Waals surface area contributed by atoms with E-state index < -0.39 is 0 Å². The predicted octanol–water partition coefficient (Wildman–Crippen LogP) is 4.75. The number of halogens is 2. The smallest absolute Gasteiger partial charge is 0.0690 e. The van der Waals surface area contributed by atoms with Gasteiger partial charge >= 0.3 is 0 Å². The van der Waals surface area contributed by atoms with Crippen molar-refractivity contribution in [2.75, 3.05) is 18.5 Å². The van der Waals surface area contributed by atoms with Crippen molar-refractivity contribution >= 4 is 28.9 Å². The predicted molar refractivity (Wildman–Crippen MR) is 92.6 cm³/mol. The molecule has 0 aliphatic heterocycles. The number of likely N-dealkylation sites (N-methyl/N-ethyl adjacent to an activating group) is 1. The van der Waals surface area contributed by atoms with Crippen molar-refractivity contribution in [3.05, 3.63) is 63.1 Å². The van der Waals surface area contributed by atoms with E-state index in [0.717, 1.165) is 11.3 Å². The van der Waals surface area contributed by atoms with Gasteiger partial charge in [0.05, 0.1) is 6.04 Å². The topological polar surface area (TPSA) is 29.3 Å². The molecule has 112 valence electrons. The molecule has 2 N–H and O–H groups in total. The maximum absolute atomic E-state index is 6.33. The van der Waals surface area contributed by atoms with Crippen LogP contribution >= 0.6 is 23.2 Å². The highest BCUT2D eigenvalue weighted by molar-refractivity contribution is 6.36. The van der Waals surface area contributed by atoms with Crippen LogP contribution in [0, 0.1) is 13.8 Å². The van der Waals surface area contributed by atoms with Crippen molar-refractivity contribution in [1.29, 1.82) is 0 Å². The Labute approximate surface area is 136 Å². The van der Waals surface area contributed by atoms with Crippen molar-refractivity contribution in [3.63, 3.8) is 0 Å². The van der Waals surface area contributed by atoms with Crippen molar-refractivity contribution < 1.29 is 0 Å². The summed E-state index contributed by atoms with van der Waals surface area (Å²) in [5.41, 5.74) is 10.5. The van der Waals surface area contributed by atoms with Gasteiger partial charge < -0.3 is 10.6 Å². The Bertz CT molecular complexity index is 620. The highest BCUT2D eigenvalue weighted by atomic mass is 35.5. The molecule has 2 aromatic rings. The molecule has 0 saturated carbocycles. The number of nitrogens with zero attached hydrogens (tertiary/aromatic N) is 1. The molecule has 2 nitrogen and oxygen atoms in total. The second-order valence-corrected chi connectivity index (χ2v) is 6.10. The lowest BCUT2D eigenvalue weighted by atomic mass is 10.0. The number of nitrogens with two attached hydrogens (primary N) is 1. The molecule has 1 atom stereocenters. The number of hydrogen-bond donors (Lipinski definition) is 1. The molecule has 0 heterocycles. The van der Waals surface area contributed by atoms with E-state index in [1.165, 1.54) is 11.1 Å². The molecule has 2 rings (SSSR count). The monoisotopic (exact) mass is 322 g/mol. The van der Waals surface area contributed by atoms with Gasteiger partial charge in [-0.3, -0.25) is 0 Å². The highest BCUT2D eigenvalue weighted by Crippen LogP contribution is 2.35. The molecule has 0 fully saturated rings. The van der Waals surface area contributed by atoms with Crippen LogP contribution in [0.25, 0.3) is 0 Å². The summed E-state index contributed by atoms with van der Waals surface area (Å²) in [6.45, 7) is 4.62. The first kappa shape index (κ1) is 16.2. The summed E-state index contributed by atoms with van der Waals surface area (Å²) in [6, 6.07) is 11.8. The van der Waals surface area contributed by atoms with Crippen LogP contribution in [0.1, 0.15) is 22.7 Å². The normalized spacial score (nSPS) is 12.3. The SMILES string of the molecule is Cc1ccc(N(C)C(CN)c2c(Cl)cccc2Cl)c(C)c1. The molecular formula is C17H20Cl2N2. The lowest BCUT2D eigenvalue weighted by Gasteiger charge is -2.32. The van der Waals surface area contributed by atoms with E-state index in [1.807, 2.05) is 25.2 Å². The molecule has 2 aromatic carbocycles. The fraction of sp³-hybridized carbons (Fsp3) is 0.294. The molecule has 1 unspecified atom stereocenters. The minimum Gasteiger partial charge on any atom is -0.366 e. The Balaban J connectivity index is 2.46. The molecule has 0 amide bonds. The van der Waals surface area contributed by atoms with E-state index in [-0.39, 0.29) is 6.04 Å². The van der Waals surface area contributed by atoms with Gasteiger partial charge in [-0.1, -0.05) is 47.0 Å². The van der Waals surface area contributed by atoms with Crippen LogP contribution in [0.3, 0.4) is 0 Å². The maximum atomic E-state index is 6.33. The quantitative estimate of drug-likeness (QED) is 0.880. The number of hydrogen-bond acceptors (Lipinski definition) is 2. The van der Waals surface area contributed by atoms with Crippen LogP contribution in [-0.2, 0) is 0 Å². The number of rotatable bonds is 4. The van der Waals surface area contributed by atoms with E-state index in [1.54, 1.807) is 0 Å². The molecular weight excluding hydrogens is 303 g/mol. The Kier molecular flexibility index (Phi) is 5.15. The Morgan fingerprint density at radius 2 is 1.71 bits per heavy atom. The molecule has 0 aromatic heterocycles. The fourth-order valence-electron chi connectivity index (χ4n) is 2.67. The van der Waals surface area contributed by atoms with Gasteiger partial charge in [-0.15, -0.1) is 0 Å². The number of aryl methyl sites for hydroxylation is 2. The molecule has 0 aliphatic rings. The van der Waals surface area contributed by atoms with Gasteiger partial charge in [-0.25, -0.2) is 0 Å². The Morgan fingerprint density at radius 3 is 2.24 bits per heavy atom. The zero-order chi connectivity index (χ0) is 15.6. The summed E-state index contributed by atoms with van der Waals surface area (Å²) in [5, 5.41) is 1.30. The molecule has 0 radical (unpaired) electrons. The van der Waals surface area contributed by atoms with Gasteiger partial charge in [0, 0.05) is 34.9 Å². The Hall–Kier alpha value is -1.22. The third-order valence-corrected chi connectivity index (χ3v) is 4.42. The van der Waals surface area contributed by atoms with E-state index in [2.05, 4.69) is 36.9 Å². The zero-order valence-electron chi connectivity index (χ0n) is 12.5. The summed E-state index contributed by atoms with van der Waals surface area (Å²) < 4.78 is 0. The molecule has 0 saturated heterocycles. The summed E-state index contributed by atoms with van der Waals surface area (Å²) >= 11 is 12.7. The van der Waals surface area contributed by atoms with Gasteiger partial charge in [0.1, 0.15) is 0 Å².